The van der Waals surface area contributed by atoms with Crippen LogP contribution in [0.3, 0.4) is 0 Å². The van der Waals surface area contributed by atoms with Crippen LogP contribution in [-0.2, 0) is 24.3 Å². The third kappa shape index (κ3) is 5.17. The van der Waals surface area contributed by atoms with Gasteiger partial charge in [0.05, 0.1) is 18.1 Å². The molecule has 3 rings (SSSR count). The highest BCUT2D eigenvalue weighted by molar-refractivity contribution is 7.89. The lowest BCUT2D eigenvalue weighted by Crippen LogP contribution is -2.40. The Bertz CT molecular complexity index is 988. The van der Waals surface area contributed by atoms with E-state index in [2.05, 4.69) is 10.3 Å². The maximum atomic E-state index is 12.8. The second kappa shape index (κ2) is 9.12. The maximum Gasteiger partial charge on any atom is 0.357 e. The van der Waals surface area contributed by atoms with Gasteiger partial charge >= 0.3 is 5.97 Å². The molecule has 0 bridgehead atoms. The molecule has 1 N–H and O–H groups in total. The molecule has 0 atom stereocenters. The van der Waals surface area contributed by atoms with E-state index >= 15 is 0 Å². The summed E-state index contributed by atoms with van der Waals surface area (Å²) in [7, 11) is -3.69. The van der Waals surface area contributed by atoms with Gasteiger partial charge in [-0.2, -0.15) is 4.31 Å². The second-order valence-electron chi connectivity index (χ2n) is 6.33. The van der Waals surface area contributed by atoms with Crippen LogP contribution < -0.4 is 5.32 Å². The minimum Gasteiger partial charge on any atom is -0.451 e. The third-order valence-electron chi connectivity index (χ3n) is 4.30. The monoisotopic (exact) mass is 419 g/mol. The predicted molar refractivity (Wildman–Crippen MR) is 104 cm³/mol. The smallest absolute Gasteiger partial charge is 0.357 e. The highest BCUT2D eigenvalue weighted by Crippen LogP contribution is 2.23. The highest BCUT2D eigenvalue weighted by Gasteiger charge is 2.27. The van der Waals surface area contributed by atoms with Crippen molar-refractivity contribution in [1.82, 2.24) is 9.29 Å². The molecule has 1 aliphatic heterocycles. The molecule has 0 aliphatic carbocycles. The van der Waals surface area contributed by atoms with Gasteiger partial charge in [0, 0.05) is 25.0 Å². The van der Waals surface area contributed by atoms with E-state index in [-0.39, 0.29) is 23.7 Å². The molecule has 1 saturated heterocycles. The van der Waals surface area contributed by atoms with Gasteiger partial charge in [0.25, 0.3) is 5.91 Å². The van der Waals surface area contributed by atoms with Gasteiger partial charge in [-0.25, -0.2) is 18.2 Å². The second-order valence-corrected chi connectivity index (χ2v) is 8.27. The zero-order chi connectivity index (χ0) is 20.9. The van der Waals surface area contributed by atoms with Crippen LogP contribution in [0.15, 0.2) is 47.5 Å². The Balaban J connectivity index is 1.66. The summed E-state index contributed by atoms with van der Waals surface area (Å²) < 4.78 is 37.1. The molecule has 2 aromatic rings. The number of aryl methyl sites for hydroxylation is 1. The fourth-order valence-electron chi connectivity index (χ4n) is 2.71. The molecule has 0 radical (unpaired) electrons. The standard InChI is InChI=1S/C19H21N3O6S/c1-14-5-6-15(29(25,26)22-8-10-27-11-9-22)12-17(14)21-18(23)13-28-19(24)16-4-2-3-7-20-16/h2-7,12H,8-11,13H2,1H3,(H,21,23). The Morgan fingerprint density at radius 2 is 1.97 bits per heavy atom. The summed E-state index contributed by atoms with van der Waals surface area (Å²) in [6.07, 6.45) is 1.44. The molecule has 10 heteroatoms. The van der Waals surface area contributed by atoms with E-state index in [1.54, 1.807) is 25.1 Å². The number of pyridine rings is 1. The van der Waals surface area contributed by atoms with Crippen molar-refractivity contribution in [3.8, 4) is 0 Å². The first-order valence-corrected chi connectivity index (χ1v) is 10.4. The van der Waals surface area contributed by atoms with Gasteiger partial charge in [-0.1, -0.05) is 12.1 Å². The summed E-state index contributed by atoms with van der Waals surface area (Å²) in [6.45, 7) is 2.46. The van der Waals surface area contributed by atoms with Gasteiger partial charge in [0.15, 0.2) is 6.61 Å². The van der Waals surface area contributed by atoms with Crippen molar-refractivity contribution >= 4 is 27.6 Å². The molecule has 1 aromatic carbocycles. The Hall–Kier alpha value is -2.82. The first kappa shape index (κ1) is 20.9. The lowest BCUT2D eigenvalue weighted by molar-refractivity contribution is -0.119. The largest absolute Gasteiger partial charge is 0.451 e. The normalized spacial score (nSPS) is 14.9. The van der Waals surface area contributed by atoms with E-state index < -0.39 is 28.5 Å². The van der Waals surface area contributed by atoms with E-state index in [1.807, 2.05) is 0 Å². The van der Waals surface area contributed by atoms with Gasteiger partial charge in [0.1, 0.15) is 5.69 Å². The zero-order valence-electron chi connectivity index (χ0n) is 15.8. The topological polar surface area (TPSA) is 115 Å². The molecule has 1 fully saturated rings. The Morgan fingerprint density at radius 1 is 1.21 bits per heavy atom. The summed E-state index contributed by atoms with van der Waals surface area (Å²) in [5.74, 6) is -1.31. The molecule has 0 saturated carbocycles. The molecule has 2 heterocycles. The van der Waals surface area contributed by atoms with Crippen LogP contribution in [0, 0.1) is 6.92 Å². The highest BCUT2D eigenvalue weighted by atomic mass is 32.2. The van der Waals surface area contributed by atoms with E-state index in [0.717, 1.165) is 0 Å². The van der Waals surface area contributed by atoms with Crippen molar-refractivity contribution in [1.29, 1.82) is 0 Å². The SMILES string of the molecule is Cc1ccc(S(=O)(=O)N2CCOCC2)cc1NC(=O)COC(=O)c1ccccn1. The summed E-state index contributed by atoms with van der Waals surface area (Å²) >= 11 is 0. The minimum atomic E-state index is -3.69. The number of rotatable bonds is 6. The van der Waals surface area contributed by atoms with Gasteiger partial charge < -0.3 is 14.8 Å². The number of hydrogen-bond donors (Lipinski definition) is 1. The van der Waals surface area contributed by atoms with Crippen LogP contribution in [0.2, 0.25) is 0 Å². The average molecular weight is 419 g/mol. The van der Waals surface area contributed by atoms with Crippen LogP contribution >= 0.6 is 0 Å². The van der Waals surface area contributed by atoms with Gasteiger partial charge in [-0.15, -0.1) is 0 Å². The number of morpholine rings is 1. The molecular formula is C19H21N3O6S. The van der Waals surface area contributed by atoms with Crippen molar-refractivity contribution in [3.63, 3.8) is 0 Å². The van der Waals surface area contributed by atoms with Crippen LogP contribution in [0.4, 0.5) is 5.69 Å². The number of nitrogens with zero attached hydrogens (tertiary/aromatic N) is 2. The molecular weight excluding hydrogens is 398 g/mol. The molecule has 154 valence electrons. The number of anilines is 1. The number of aromatic nitrogens is 1. The van der Waals surface area contributed by atoms with Gasteiger partial charge in [-0.3, -0.25) is 4.79 Å². The third-order valence-corrected chi connectivity index (χ3v) is 6.19. The van der Waals surface area contributed by atoms with Gasteiger partial charge in [0.2, 0.25) is 10.0 Å². The fraction of sp³-hybridized carbons (Fsp3) is 0.316. The minimum absolute atomic E-state index is 0.0748. The molecule has 0 unspecified atom stereocenters. The number of carbonyl (C=O) groups excluding carboxylic acids is 2. The summed E-state index contributed by atoms with van der Waals surface area (Å²) in [6, 6.07) is 9.28. The van der Waals surface area contributed by atoms with Crippen LogP contribution in [-0.4, -0.2) is 62.5 Å². The summed E-state index contributed by atoms with van der Waals surface area (Å²) in [5, 5.41) is 2.59. The van der Waals surface area contributed by atoms with Crippen molar-refractivity contribution in [3.05, 3.63) is 53.9 Å². The first-order valence-electron chi connectivity index (χ1n) is 8.94. The molecule has 0 spiro atoms. The number of nitrogens with one attached hydrogen (secondary N) is 1. The van der Waals surface area contributed by atoms with E-state index in [0.29, 0.717) is 24.5 Å². The van der Waals surface area contributed by atoms with Crippen molar-refractivity contribution in [2.75, 3.05) is 38.2 Å². The first-order chi connectivity index (χ1) is 13.9. The Labute approximate surface area is 168 Å². The number of esters is 1. The zero-order valence-corrected chi connectivity index (χ0v) is 16.6. The van der Waals surface area contributed by atoms with Crippen LogP contribution in [0.25, 0.3) is 0 Å². The van der Waals surface area contributed by atoms with Crippen molar-refractivity contribution in [2.45, 2.75) is 11.8 Å². The molecule has 1 aromatic heterocycles. The molecule has 9 nitrogen and oxygen atoms in total. The fourth-order valence-corrected chi connectivity index (χ4v) is 4.14. The average Bonchev–Trinajstić information content (AvgIpc) is 2.74. The van der Waals surface area contributed by atoms with E-state index in [4.69, 9.17) is 9.47 Å². The number of benzene rings is 1. The van der Waals surface area contributed by atoms with Crippen molar-refractivity contribution in [2.24, 2.45) is 0 Å². The van der Waals surface area contributed by atoms with Crippen LogP contribution in [0.5, 0.6) is 0 Å². The summed E-state index contributed by atoms with van der Waals surface area (Å²) in [5.41, 5.74) is 1.10. The lowest BCUT2D eigenvalue weighted by Gasteiger charge is -2.26. The molecule has 29 heavy (non-hydrogen) atoms. The maximum absolute atomic E-state index is 12.8. The van der Waals surface area contributed by atoms with Crippen LogP contribution in [0.1, 0.15) is 16.1 Å². The quantitative estimate of drug-likeness (QED) is 0.700. The Morgan fingerprint density at radius 3 is 2.66 bits per heavy atom. The van der Waals surface area contributed by atoms with Gasteiger partial charge in [-0.05, 0) is 36.8 Å². The summed E-state index contributed by atoms with van der Waals surface area (Å²) in [4.78, 5) is 28.0. The number of carbonyl (C=O) groups is 2. The molecule has 1 amide bonds. The number of sulfonamides is 1. The van der Waals surface area contributed by atoms with Crippen molar-refractivity contribution < 1.29 is 27.5 Å². The lowest BCUT2D eigenvalue weighted by atomic mass is 10.2. The Kier molecular flexibility index (Phi) is 6.57. The number of ether oxygens (including phenoxy) is 2. The van der Waals surface area contributed by atoms with E-state index in [1.165, 1.54) is 28.7 Å². The predicted octanol–water partition coefficient (Wildman–Crippen LogP) is 1.21. The number of amides is 1. The van der Waals surface area contributed by atoms with E-state index in [9.17, 15) is 18.0 Å². The molecule has 1 aliphatic rings. The number of hydrogen-bond acceptors (Lipinski definition) is 7.